The number of likely N-dealkylation sites (tertiary alicyclic amines) is 2. The van der Waals surface area contributed by atoms with Gasteiger partial charge in [0.1, 0.15) is 0 Å². The van der Waals surface area contributed by atoms with Crippen molar-refractivity contribution in [2.75, 3.05) is 33.3 Å². The maximum atomic E-state index is 12.4. The molecule has 2 aliphatic heterocycles. The number of aromatic nitrogens is 1. The standard InChI is InChI=1S/C22H27N3O3/c1-27-20-14-17(16-24-10-2-3-11-24)6-8-19(20)28-21-9-7-18(15-23-21)22(26)25-12-4-5-13-25/h6-9,14-15H,2-5,10-13,16H2,1H3. The first-order valence-corrected chi connectivity index (χ1v) is 10.1. The van der Waals surface area contributed by atoms with E-state index in [4.69, 9.17) is 9.47 Å². The normalized spacial score (nSPS) is 17.1. The smallest absolute Gasteiger partial charge is 0.255 e. The maximum Gasteiger partial charge on any atom is 0.255 e. The van der Waals surface area contributed by atoms with E-state index >= 15 is 0 Å². The Labute approximate surface area is 166 Å². The summed E-state index contributed by atoms with van der Waals surface area (Å²) in [6, 6.07) is 9.54. The van der Waals surface area contributed by atoms with Crippen molar-refractivity contribution in [3.8, 4) is 17.4 Å². The highest BCUT2D eigenvalue weighted by atomic mass is 16.5. The molecule has 0 unspecified atom stereocenters. The molecule has 0 atom stereocenters. The highest BCUT2D eigenvalue weighted by Crippen LogP contribution is 2.32. The third-order valence-electron chi connectivity index (χ3n) is 5.42. The molecule has 148 valence electrons. The summed E-state index contributed by atoms with van der Waals surface area (Å²) < 4.78 is 11.4. The van der Waals surface area contributed by atoms with Crippen molar-refractivity contribution in [2.24, 2.45) is 0 Å². The summed E-state index contributed by atoms with van der Waals surface area (Å²) in [6.45, 7) is 4.91. The summed E-state index contributed by atoms with van der Waals surface area (Å²) in [5, 5.41) is 0. The molecule has 0 aliphatic carbocycles. The van der Waals surface area contributed by atoms with Gasteiger partial charge in [-0.2, -0.15) is 0 Å². The molecular weight excluding hydrogens is 354 g/mol. The van der Waals surface area contributed by atoms with Gasteiger partial charge in [-0.05, 0) is 62.5 Å². The van der Waals surface area contributed by atoms with Crippen LogP contribution in [0.5, 0.6) is 17.4 Å². The summed E-state index contributed by atoms with van der Waals surface area (Å²) in [7, 11) is 1.65. The van der Waals surface area contributed by atoms with Crippen LogP contribution in [-0.4, -0.2) is 54.0 Å². The summed E-state index contributed by atoms with van der Waals surface area (Å²) in [5.41, 5.74) is 1.81. The number of nitrogens with zero attached hydrogens (tertiary/aromatic N) is 3. The van der Waals surface area contributed by atoms with Crippen molar-refractivity contribution < 1.29 is 14.3 Å². The monoisotopic (exact) mass is 381 g/mol. The van der Waals surface area contributed by atoms with Crippen LogP contribution in [-0.2, 0) is 6.54 Å². The van der Waals surface area contributed by atoms with Crippen molar-refractivity contribution in [1.82, 2.24) is 14.8 Å². The van der Waals surface area contributed by atoms with Gasteiger partial charge in [-0.25, -0.2) is 4.98 Å². The van der Waals surface area contributed by atoms with Crippen LogP contribution in [0.3, 0.4) is 0 Å². The second-order valence-electron chi connectivity index (χ2n) is 7.45. The number of amides is 1. The number of benzene rings is 1. The van der Waals surface area contributed by atoms with Crippen LogP contribution >= 0.6 is 0 Å². The molecule has 4 rings (SSSR count). The molecule has 2 fully saturated rings. The van der Waals surface area contributed by atoms with Gasteiger partial charge in [0.15, 0.2) is 11.5 Å². The Balaban J connectivity index is 1.43. The van der Waals surface area contributed by atoms with Crippen LogP contribution in [0.2, 0.25) is 0 Å². The van der Waals surface area contributed by atoms with E-state index in [-0.39, 0.29) is 5.91 Å². The highest BCUT2D eigenvalue weighted by Gasteiger charge is 2.20. The lowest BCUT2D eigenvalue weighted by Crippen LogP contribution is -2.27. The average Bonchev–Trinajstić information content (AvgIpc) is 3.43. The van der Waals surface area contributed by atoms with Gasteiger partial charge in [0, 0.05) is 31.9 Å². The Hall–Kier alpha value is -2.60. The number of ether oxygens (including phenoxy) is 2. The van der Waals surface area contributed by atoms with Gasteiger partial charge < -0.3 is 14.4 Å². The SMILES string of the molecule is COc1cc(CN2CCCC2)ccc1Oc1ccc(C(=O)N2CCCC2)cn1. The average molecular weight is 381 g/mol. The number of methoxy groups -OCH3 is 1. The van der Waals surface area contributed by atoms with Crippen molar-refractivity contribution in [2.45, 2.75) is 32.2 Å². The summed E-state index contributed by atoms with van der Waals surface area (Å²) in [5.74, 6) is 1.80. The molecule has 0 saturated carbocycles. The summed E-state index contributed by atoms with van der Waals surface area (Å²) in [4.78, 5) is 21.1. The third kappa shape index (κ3) is 4.28. The Kier molecular flexibility index (Phi) is 5.76. The van der Waals surface area contributed by atoms with E-state index in [1.54, 1.807) is 25.4 Å². The molecule has 3 heterocycles. The van der Waals surface area contributed by atoms with E-state index < -0.39 is 0 Å². The Bertz CT molecular complexity index is 810. The molecule has 1 aromatic carbocycles. The molecule has 2 saturated heterocycles. The Morgan fingerprint density at radius 1 is 1.00 bits per heavy atom. The van der Waals surface area contributed by atoms with Crippen LogP contribution in [0.25, 0.3) is 0 Å². The second kappa shape index (κ2) is 8.61. The van der Waals surface area contributed by atoms with Gasteiger partial charge in [0.25, 0.3) is 5.91 Å². The van der Waals surface area contributed by atoms with Gasteiger partial charge >= 0.3 is 0 Å². The fourth-order valence-corrected chi connectivity index (χ4v) is 3.88. The largest absolute Gasteiger partial charge is 0.493 e. The lowest BCUT2D eigenvalue weighted by atomic mass is 10.2. The van der Waals surface area contributed by atoms with Gasteiger partial charge in [-0.15, -0.1) is 0 Å². The maximum absolute atomic E-state index is 12.4. The van der Waals surface area contributed by atoms with Crippen molar-refractivity contribution >= 4 is 5.91 Å². The van der Waals surface area contributed by atoms with Crippen molar-refractivity contribution in [1.29, 1.82) is 0 Å². The zero-order valence-corrected chi connectivity index (χ0v) is 16.4. The van der Waals surface area contributed by atoms with Gasteiger partial charge in [-0.3, -0.25) is 9.69 Å². The molecule has 2 aliphatic rings. The molecule has 6 nitrogen and oxygen atoms in total. The Morgan fingerprint density at radius 2 is 1.75 bits per heavy atom. The van der Waals surface area contributed by atoms with E-state index in [1.165, 1.54) is 18.4 Å². The molecular formula is C22H27N3O3. The first-order valence-electron chi connectivity index (χ1n) is 10.1. The van der Waals surface area contributed by atoms with Crippen LogP contribution in [0.4, 0.5) is 0 Å². The Morgan fingerprint density at radius 3 is 2.43 bits per heavy atom. The van der Waals surface area contributed by atoms with Gasteiger partial charge in [0.05, 0.1) is 12.7 Å². The zero-order chi connectivity index (χ0) is 19.3. The van der Waals surface area contributed by atoms with E-state index in [0.29, 0.717) is 22.9 Å². The van der Waals surface area contributed by atoms with E-state index in [2.05, 4.69) is 16.0 Å². The number of pyridine rings is 1. The quantitative estimate of drug-likeness (QED) is 0.763. The second-order valence-corrected chi connectivity index (χ2v) is 7.45. The van der Waals surface area contributed by atoms with E-state index in [0.717, 1.165) is 45.6 Å². The molecule has 0 bridgehead atoms. The molecule has 1 aromatic heterocycles. The molecule has 0 radical (unpaired) electrons. The molecule has 6 heteroatoms. The van der Waals surface area contributed by atoms with Gasteiger partial charge in [-0.1, -0.05) is 6.07 Å². The first-order chi connectivity index (χ1) is 13.7. The topological polar surface area (TPSA) is 54.9 Å². The number of hydrogen-bond donors (Lipinski definition) is 0. The number of carbonyl (C=O) groups is 1. The third-order valence-corrected chi connectivity index (χ3v) is 5.42. The number of carbonyl (C=O) groups excluding carboxylic acids is 1. The zero-order valence-electron chi connectivity index (χ0n) is 16.4. The minimum absolute atomic E-state index is 0.0420. The van der Waals surface area contributed by atoms with E-state index in [1.807, 2.05) is 17.0 Å². The highest BCUT2D eigenvalue weighted by molar-refractivity contribution is 5.94. The van der Waals surface area contributed by atoms with Crippen LogP contribution in [0.15, 0.2) is 36.5 Å². The molecule has 0 N–H and O–H groups in total. The fourth-order valence-electron chi connectivity index (χ4n) is 3.88. The van der Waals surface area contributed by atoms with Crippen LogP contribution in [0.1, 0.15) is 41.6 Å². The number of rotatable bonds is 6. The van der Waals surface area contributed by atoms with E-state index in [9.17, 15) is 4.79 Å². The van der Waals surface area contributed by atoms with Crippen LogP contribution in [0, 0.1) is 0 Å². The van der Waals surface area contributed by atoms with Gasteiger partial charge in [0.2, 0.25) is 5.88 Å². The van der Waals surface area contributed by atoms with Crippen molar-refractivity contribution in [3.05, 3.63) is 47.7 Å². The summed E-state index contributed by atoms with van der Waals surface area (Å²) >= 11 is 0. The summed E-state index contributed by atoms with van der Waals surface area (Å²) in [6.07, 6.45) is 6.30. The molecule has 28 heavy (non-hydrogen) atoms. The molecule has 2 aromatic rings. The first kappa shape index (κ1) is 18.7. The molecule has 1 amide bonds. The predicted molar refractivity (Wildman–Crippen MR) is 107 cm³/mol. The lowest BCUT2D eigenvalue weighted by Gasteiger charge is -2.17. The fraction of sp³-hybridized carbons (Fsp3) is 0.455. The predicted octanol–water partition coefficient (Wildman–Crippen LogP) is 3.71. The van der Waals surface area contributed by atoms with Crippen LogP contribution < -0.4 is 9.47 Å². The molecule has 0 spiro atoms. The lowest BCUT2D eigenvalue weighted by molar-refractivity contribution is 0.0792. The number of hydrogen-bond acceptors (Lipinski definition) is 5. The minimum atomic E-state index is 0.0420. The van der Waals surface area contributed by atoms with Crippen molar-refractivity contribution in [3.63, 3.8) is 0 Å². The minimum Gasteiger partial charge on any atom is -0.493 e.